The van der Waals surface area contributed by atoms with E-state index in [0.717, 1.165) is 5.56 Å². The Kier molecular flexibility index (Phi) is 5.85. The summed E-state index contributed by atoms with van der Waals surface area (Å²) >= 11 is 0. The van der Waals surface area contributed by atoms with Gasteiger partial charge in [-0.1, -0.05) is 12.1 Å². The minimum absolute atomic E-state index is 0.0386. The van der Waals surface area contributed by atoms with Gasteiger partial charge < -0.3 is 10.4 Å². The molecule has 0 saturated carbocycles. The zero-order chi connectivity index (χ0) is 15.9. The van der Waals surface area contributed by atoms with Crippen molar-refractivity contribution in [1.82, 2.24) is 16.2 Å². The number of benzene rings is 1. The van der Waals surface area contributed by atoms with E-state index in [2.05, 4.69) is 16.2 Å². The van der Waals surface area contributed by atoms with Crippen LogP contribution in [0.3, 0.4) is 0 Å². The molecule has 1 fully saturated rings. The average molecular weight is 309 g/mol. The van der Waals surface area contributed by atoms with E-state index in [1.807, 2.05) is 0 Å². The second kappa shape index (κ2) is 7.86. The molecule has 120 valence electrons. The molecule has 0 radical (unpaired) electrons. The smallest absolute Gasteiger partial charge is 0.303 e. The number of rotatable bonds is 7. The molecule has 1 aliphatic rings. The second-order valence-corrected chi connectivity index (χ2v) is 5.32. The number of carbonyl (C=O) groups excluding carboxylic acids is 1. The fraction of sp³-hybridized carbons (Fsp3) is 0.467. The Labute approximate surface area is 128 Å². The Bertz CT molecular complexity index is 521. The average Bonchev–Trinajstić information content (AvgIpc) is 2.97. The van der Waals surface area contributed by atoms with Crippen molar-refractivity contribution in [3.8, 4) is 0 Å². The molecule has 4 N–H and O–H groups in total. The highest BCUT2D eigenvalue weighted by Crippen LogP contribution is 2.22. The summed E-state index contributed by atoms with van der Waals surface area (Å²) in [7, 11) is 0. The van der Waals surface area contributed by atoms with Gasteiger partial charge in [-0.3, -0.25) is 9.59 Å². The maximum absolute atomic E-state index is 12.9. The molecule has 1 aromatic carbocycles. The van der Waals surface area contributed by atoms with Crippen LogP contribution < -0.4 is 16.2 Å². The molecule has 2 rings (SSSR count). The van der Waals surface area contributed by atoms with Crippen molar-refractivity contribution in [1.29, 1.82) is 0 Å². The fourth-order valence-corrected chi connectivity index (χ4v) is 2.38. The predicted octanol–water partition coefficient (Wildman–Crippen LogP) is 1.10. The van der Waals surface area contributed by atoms with Crippen LogP contribution in [0, 0.1) is 5.82 Å². The van der Waals surface area contributed by atoms with Crippen molar-refractivity contribution in [2.45, 2.75) is 37.8 Å². The highest BCUT2D eigenvalue weighted by molar-refractivity contribution is 5.82. The van der Waals surface area contributed by atoms with Crippen LogP contribution in [0.15, 0.2) is 24.3 Å². The highest BCUT2D eigenvalue weighted by atomic mass is 19.1. The van der Waals surface area contributed by atoms with E-state index in [-0.39, 0.29) is 30.2 Å². The molecule has 2 atom stereocenters. The Balaban J connectivity index is 1.72. The summed E-state index contributed by atoms with van der Waals surface area (Å²) in [4.78, 5) is 22.4. The summed E-state index contributed by atoms with van der Waals surface area (Å²) in [6.07, 6.45) is 1.88. The van der Waals surface area contributed by atoms with E-state index in [1.165, 1.54) is 12.1 Å². The fourth-order valence-electron chi connectivity index (χ4n) is 2.38. The molecule has 1 aliphatic heterocycles. The third-order valence-electron chi connectivity index (χ3n) is 3.61. The van der Waals surface area contributed by atoms with E-state index < -0.39 is 5.97 Å². The molecule has 0 spiro atoms. The van der Waals surface area contributed by atoms with Crippen LogP contribution in [0.25, 0.3) is 0 Å². The highest BCUT2D eigenvalue weighted by Gasteiger charge is 2.29. The molecule has 7 heteroatoms. The summed E-state index contributed by atoms with van der Waals surface area (Å²) in [5.74, 6) is -1.23. The van der Waals surface area contributed by atoms with Gasteiger partial charge in [0.2, 0.25) is 5.91 Å². The van der Waals surface area contributed by atoms with Crippen molar-refractivity contribution in [3.63, 3.8) is 0 Å². The molecule has 1 amide bonds. The zero-order valence-corrected chi connectivity index (χ0v) is 12.1. The summed E-state index contributed by atoms with van der Waals surface area (Å²) in [6.45, 7) is 0.464. The van der Waals surface area contributed by atoms with Crippen LogP contribution >= 0.6 is 0 Å². The molecule has 0 bridgehead atoms. The lowest BCUT2D eigenvalue weighted by atomic mass is 10.0. The Morgan fingerprint density at radius 3 is 2.64 bits per heavy atom. The number of halogens is 1. The summed E-state index contributed by atoms with van der Waals surface area (Å²) in [5.41, 5.74) is 6.88. The van der Waals surface area contributed by atoms with Crippen LogP contribution in [0.1, 0.15) is 37.3 Å². The number of hydrogen-bond acceptors (Lipinski definition) is 4. The van der Waals surface area contributed by atoms with Crippen molar-refractivity contribution >= 4 is 11.9 Å². The van der Waals surface area contributed by atoms with Gasteiger partial charge in [-0.05, 0) is 37.0 Å². The van der Waals surface area contributed by atoms with Crippen molar-refractivity contribution in [2.24, 2.45) is 0 Å². The first-order valence-electron chi connectivity index (χ1n) is 7.32. The largest absolute Gasteiger partial charge is 0.481 e. The molecular formula is C15H20FN3O3. The number of carboxylic acid groups (broad SMARTS) is 1. The maximum atomic E-state index is 12.9. The molecule has 22 heavy (non-hydrogen) atoms. The van der Waals surface area contributed by atoms with Gasteiger partial charge >= 0.3 is 5.97 Å². The maximum Gasteiger partial charge on any atom is 0.303 e. The summed E-state index contributed by atoms with van der Waals surface area (Å²) in [6, 6.07) is 5.79. The quantitative estimate of drug-likeness (QED) is 0.566. The van der Waals surface area contributed by atoms with Crippen molar-refractivity contribution in [3.05, 3.63) is 35.6 Å². The number of hydrazine groups is 1. The number of amides is 1. The molecule has 0 aromatic heterocycles. The predicted molar refractivity (Wildman–Crippen MR) is 78.3 cm³/mol. The van der Waals surface area contributed by atoms with Crippen LogP contribution in [0.2, 0.25) is 0 Å². The molecule has 1 aromatic rings. The van der Waals surface area contributed by atoms with Crippen LogP contribution in [-0.2, 0) is 9.59 Å². The zero-order valence-electron chi connectivity index (χ0n) is 12.1. The first-order valence-corrected chi connectivity index (χ1v) is 7.32. The minimum Gasteiger partial charge on any atom is -0.481 e. The van der Waals surface area contributed by atoms with Crippen molar-refractivity contribution < 1.29 is 19.1 Å². The molecule has 0 aliphatic carbocycles. The van der Waals surface area contributed by atoms with E-state index in [1.54, 1.807) is 12.1 Å². The monoisotopic (exact) mass is 309 g/mol. The normalized spacial score (nSPS) is 20.8. The van der Waals surface area contributed by atoms with Gasteiger partial charge in [0.1, 0.15) is 11.9 Å². The third-order valence-corrected chi connectivity index (χ3v) is 3.61. The number of nitrogens with one attached hydrogen (secondary N) is 3. The lowest BCUT2D eigenvalue weighted by molar-refractivity contribution is -0.137. The van der Waals surface area contributed by atoms with Crippen LogP contribution in [0.4, 0.5) is 4.39 Å². The first kappa shape index (κ1) is 16.4. The SMILES string of the molecule is O=C(O)CCCCNC(=O)C1CC(c2ccc(F)cc2)NN1. The van der Waals surface area contributed by atoms with Gasteiger partial charge in [-0.15, -0.1) is 0 Å². The Morgan fingerprint density at radius 1 is 1.23 bits per heavy atom. The molecule has 1 saturated heterocycles. The van der Waals surface area contributed by atoms with Gasteiger partial charge in [0.25, 0.3) is 0 Å². The molecule has 2 unspecified atom stereocenters. The molecule has 6 nitrogen and oxygen atoms in total. The van der Waals surface area contributed by atoms with E-state index in [0.29, 0.717) is 25.8 Å². The topological polar surface area (TPSA) is 90.5 Å². The summed E-state index contributed by atoms with van der Waals surface area (Å²) in [5, 5.41) is 11.3. The van der Waals surface area contributed by atoms with Crippen LogP contribution in [-0.4, -0.2) is 29.6 Å². The first-order chi connectivity index (χ1) is 10.6. The van der Waals surface area contributed by atoms with Gasteiger partial charge in [0, 0.05) is 19.0 Å². The third kappa shape index (κ3) is 4.78. The van der Waals surface area contributed by atoms with Gasteiger partial charge in [0.15, 0.2) is 0 Å². The minimum atomic E-state index is -0.824. The van der Waals surface area contributed by atoms with Crippen molar-refractivity contribution in [2.75, 3.05) is 6.54 Å². The van der Waals surface area contributed by atoms with E-state index in [4.69, 9.17) is 5.11 Å². The van der Waals surface area contributed by atoms with Gasteiger partial charge in [-0.2, -0.15) is 0 Å². The lowest BCUT2D eigenvalue weighted by Crippen LogP contribution is -2.43. The van der Waals surface area contributed by atoms with E-state index >= 15 is 0 Å². The number of hydrogen-bond donors (Lipinski definition) is 4. The second-order valence-electron chi connectivity index (χ2n) is 5.32. The Morgan fingerprint density at radius 2 is 1.95 bits per heavy atom. The molecule has 1 heterocycles. The van der Waals surface area contributed by atoms with Crippen LogP contribution in [0.5, 0.6) is 0 Å². The number of carboxylic acids is 1. The standard InChI is InChI=1S/C15H20FN3O3/c16-11-6-4-10(5-7-11)12-9-13(19-18-12)15(22)17-8-2-1-3-14(20)21/h4-7,12-13,18-19H,1-3,8-9H2,(H,17,22)(H,20,21). The van der Waals surface area contributed by atoms with Gasteiger partial charge in [0.05, 0.1) is 0 Å². The molecular weight excluding hydrogens is 289 g/mol. The number of carbonyl (C=O) groups is 2. The van der Waals surface area contributed by atoms with E-state index in [9.17, 15) is 14.0 Å². The lowest BCUT2D eigenvalue weighted by Gasteiger charge is -2.10. The summed E-state index contributed by atoms with van der Waals surface area (Å²) < 4.78 is 12.9. The number of unbranched alkanes of at least 4 members (excludes halogenated alkanes) is 1. The Hall–Kier alpha value is -1.99. The van der Waals surface area contributed by atoms with Gasteiger partial charge in [-0.25, -0.2) is 15.2 Å². The number of aliphatic carboxylic acids is 1.